The summed E-state index contributed by atoms with van der Waals surface area (Å²) >= 11 is 0. The highest BCUT2D eigenvalue weighted by Gasteiger charge is 2.14. The van der Waals surface area contributed by atoms with E-state index >= 15 is 0 Å². The van der Waals surface area contributed by atoms with Crippen LogP contribution in [0.1, 0.15) is 10.4 Å². The third-order valence-electron chi connectivity index (χ3n) is 2.34. The van der Waals surface area contributed by atoms with E-state index < -0.39 is 5.97 Å². The van der Waals surface area contributed by atoms with E-state index in [1.54, 1.807) is 18.3 Å². The smallest absolute Gasteiger partial charge is 0.339 e. The molecule has 15 heavy (non-hydrogen) atoms. The Morgan fingerprint density at radius 2 is 2.33 bits per heavy atom. The molecule has 0 radical (unpaired) electrons. The van der Waals surface area contributed by atoms with Gasteiger partial charge in [0.25, 0.3) is 0 Å². The fourth-order valence-corrected chi connectivity index (χ4v) is 1.68. The third-order valence-corrected chi connectivity index (χ3v) is 2.34. The van der Waals surface area contributed by atoms with Crippen molar-refractivity contribution >= 4 is 22.5 Å². The number of furan rings is 1. The molecule has 0 aliphatic rings. The molecule has 0 spiro atoms. The molecule has 5 heteroatoms. The predicted molar refractivity (Wildman–Crippen MR) is 51.9 cm³/mol. The molecule has 0 aliphatic heterocycles. The van der Waals surface area contributed by atoms with Crippen LogP contribution < -0.4 is 0 Å². The molecule has 3 heterocycles. The third kappa shape index (κ3) is 0.969. The molecule has 3 rings (SSSR count). The van der Waals surface area contributed by atoms with Gasteiger partial charge in [0.15, 0.2) is 0 Å². The van der Waals surface area contributed by atoms with E-state index in [1.807, 2.05) is 0 Å². The van der Waals surface area contributed by atoms with Gasteiger partial charge in [-0.25, -0.2) is 9.31 Å². The van der Waals surface area contributed by atoms with Crippen molar-refractivity contribution in [3.63, 3.8) is 0 Å². The zero-order valence-electron chi connectivity index (χ0n) is 7.54. The van der Waals surface area contributed by atoms with Gasteiger partial charge in [0.2, 0.25) is 0 Å². The van der Waals surface area contributed by atoms with Crippen LogP contribution >= 0.6 is 0 Å². The van der Waals surface area contributed by atoms with Gasteiger partial charge in [-0.2, -0.15) is 5.10 Å². The van der Waals surface area contributed by atoms with Crippen LogP contribution in [0.25, 0.3) is 16.5 Å². The topological polar surface area (TPSA) is 67.7 Å². The molecule has 0 fully saturated rings. The van der Waals surface area contributed by atoms with Crippen LogP contribution in [0.15, 0.2) is 35.2 Å². The lowest BCUT2D eigenvalue weighted by atomic mass is 10.2. The van der Waals surface area contributed by atoms with E-state index in [9.17, 15) is 4.79 Å². The maximum Gasteiger partial charge on any atom is 0.339 e. The minimum absolute atomic E-state index is 0.182. The maximum atomic E-state index is 11.0. The zero-order chi connectivity index (χ0) is 10.4. The van der Waals surface area contributed by atoms with Crippen molar-refractivity contribution < 1.29 is 14.3 Å². The summed E-state index contributed by atoms with van der Waals surface area (Å²) in [5.74, 6) is -0.987. The predicted octanol–water partition coefficient (Wildman–Crippen LogP) is 1.78. The van der Waals surface area contributed by atoms with E-state index in [-0.39, 0.29) is 5.56 Å². The minimum atomic E-state index is -0.987. The van der Waals surface area contributed by atoms with E-state index in [2.05, 4.69) is 5.10 Å². The van der Waals surface area contributed by atoms with Crippen LogP contribution in [0.5, 0.6) is 0 Å². The molecular weight excluding hydrogens is 196 g/mol. The summed E-state index contributed by atoms with van der Waals surface area (Å²) in [6.45, 7) is 0. The van der Waals surface area contributed by atoms with Gasteiger partial charge in [-0.1, -0.05) is 0 Å². The summed E-state index contributed by atoms with van der Waals surface area (Å²) in [6, 6.07) is 3.49. The largest absolute Gasteiger partial charge is 0.478 e. The zero-order valence-corrected chi connectivity index (χ0v) is 7.54. The Morgan fingerprint density at radius 3 is 3.13 bits per heavy atom. The molecule has 3 aromatic heterocycles. The molecule has 0 atom stereocenters. The molecule has 0 saturated carbocycles. The summed E-state index contributed by atoms with van der Waals surface area (Å²) in [4.78, 5) is 11.0. The van der Waals surface area contributed by atoms with Gasteiger partial charge in [-0.05, 0) is 12.1 Å². The van der Waals surface area contributed by atoms with Crippen molar-refractivity contribution in [2.75, 3.05) is 0 Å². The Labute approximate surface area is 83.5 Å². The molecule has 1 N–H and O–H groups in total. The number of hydrogen-bond donors (Lipinski definition) is 1. The Bertz CT molecular complexity index is 665. The Kier molecular flexibility index (Phi) is 1.39. The molecule has 0 bridgehead atoms. The number of fused-ring (bicyclic) bond motifs is 3. The number of pyridine rings is 1. The first-order chi connectivity index (χ1) is 7.27. The van der Waals surface area contributed by atoms with Gasteiger partial charge < -0.3 is 9.52 Å². The van der Waals surface area contributed by atoms with Crippen molar-refractivity contribution in [3.8, 4) is 0 Å². The number of carbonyl (C=O) groups is 1. The Hall–Kier alpha value is -2.30. The summed E-state index contributed by atoms with van der Waals surface area (Å²) in [7, 11) is 0. The fraction of sp³-hybridized carbons (Fsp3) is 0. The van der Waals surface area contributed by atoms with Crippen LogP contribution in [0.2, 0.25) is 0 Å². The van der Waals surface area contributed by atoms with E-state index in [4.69, 9.17) is 9.52 Å². The van der Waals surface area contributed by atoms with Gasteiger partial charge in [0, 0.05) is 11.6 Å². The lowest BCUT2D eigenvalue weighted by Crippen LogP contribution is -1.95. The Balaban J connectivity index is 2.57. The average Bonchev–Trinajstić information content (AvgIpc) is 2.82. The van der Waals surface area contributed by atoms with Crippen LogP contribution in [0.4, 0.5) is 0 Å². The standard InChI is InChI=1S/C10H6N2O3/c13-10(14)7-5-11-12-3-1-8-6(9(7)12)2-4-15-8/h1-5H,(H,13,14). The highest BCUT2D eigenvalue weighted by molar-refractivity contribution is 6.05. The number of aromatic carboxylic acids is 1. The van der Waals surface area contributed by atoms with Crippen molar-refractivity contribution in [2.45, 2.75) is 0 Å². The average molecular weight is 202 g/mol. The fourth-order valence-electron chi connectivity index (χ4n) is 1.68. The monoisotopic (exact) mass is 202 g/mol. The summed E-state index contributed by atoms with van der Waals surface area (Å²) in [5.41, 5.74) is 1.40. The number of aromatic nitrogens is 2. The van der Waals surface area contributed by atoms with Gasteiger partial charge in [0.05, 0.1) is 18.0 Å². The molecule has 0 aromatic carbocycles. The van der Waals surface area contributed by atoms with Crippen molar-refractivity contribution in [2.24, 2.45) is 0 Å². The normalized spacial score (nSPS) is 11.2. The van der Waals surface area contributed by atoms with Gasteiger partial charge in [0.1, 0.15) is 11.1 Å². The first-order valence-corrected chi connectivity index (χ1v) is 4.34. The van der Waals surface area contributed by atoms with E-state index in [0.717, 1.165) is 5.39 Å². The van der Waals surface area contributed by atoms with Crippen LogP contribution in [-0.2, 0) is 0 Å². The van der Waals surface area contributed by atoms with Gasteiger partial charge in [-0.15, -0.1) is 0 Å². The Morgan fingerprint density at radius 1 is 1.47 bits per heavy atom. The van der Waals surface area contributed by atoms with Crippen LogP contribution in [0.3, 0.4) is 0 Å². The summed E-state index contributed by atoms with van der Waals surface area (Å²) in [5, 5.41) is 13.7. The first kappa shape index (κ1) is 8.05. The van der Waals surface area contributed by atoms with E-state index in [0.29, 0.717) is 11.1 Å². The number of carboxylic acids is 1. The summed E-state index contributed by atoms with van der Waals surface area (Å²) in [6.07, 6.45) is 4.54. The molecule has 0 unspecified atom stereocenters. The molecule has 3 aromatic rings. The molecule has 5 nitrogen and oxygen atoms in total. The molecule has 0 amide bonds. The van der Waals surface area contributed by atoms with Crippen LogP contribution in [0, 0.1) is 0 Å². The number of carboxylic acid groups (broad SMARTS) is 1. The summed E-state index contributed by atoms with van der Waals surface area (Å²) < 4.78 is 6.73. The van der Waals surface area contributed by atoms with Crippen LogP contribution in [-0.4, -0.2) is 20.7 Å². The van der Waals surface area contributed by atoms with E-state index in [1.165, 1.54) is 17.0 Å². The number of hydrogen-bond acceptors (Lipinski definition) is 3. The SMILES string of the molecule is O=C(O)c1cnn2ccc3occc3c12. The number of nitrogens with zero attached hydrogens (tertiary/aromatic N) is 2. The van der Waals surface area contributed by atoms with Crippen molar-refractivity contribution in [1.29, 1.82) is 0 Å². The second-order valence-electron chi connectivity index (χ2n) is 3.17. The molecular formula is C10H6N2O3. The lowest BCUT2D eigenvalue weighted by Gasteiger charge is -1.95. The highest BCUT2D eigenvalue weighted by atomic mass is 16.4. The van der Waals surface area contributed by atoms with Crippen molar-refractivity contribution in [3.05, 3.63) is 36.4 Å². The molecule has 0 saturated heterocycles. The molecule has 0 aliphatic carbocycles. The van der Waals surface area contributed by atoms with Crippen molar-refractivity contribution in [1.82, 2.24) is 9.61 Å². The molecule has 74 valence electrons. The lowest BCUT2D eigenvalue weighted by molar-refractivity contribution is 0.0699. The first-order valence-electron chi connectivity index (χ1n) is 4.34. The minimum Gasteiger partial charge on any atom is -0.478 e. The second kappa shape index (κ2) is 2.60. The second-order valence-corrected chi connectivity index (χ2v) is 3.17. The highest BCUT2D eigenvalue weighted by Crippen LogP contribution is 2.23. The quantitative estimate of drug-likeness (QED) is 0.653. The number of rotatable bonds is 1. The maximum absolute atomic E-state index is 11.0. The van der Waals surface area contributed by atoms with Gasteiger partial charge >= 0.3 is 5.97 Å². The van der Waals surface area contributed by atoms with Gasteiger partial charge in [-0.3, -0.25) is 0 Å².